The van der Waals surface area contributed by atoms with Gasteiger partial charge in [0.25, 0.3) is 0 Å². The normalized spacial score (nSPS) is 2.24. The van der Waals surface area contributed by atoms with E-state index in [9.17, 15) is 0 Å². The summed E-state index contributed by atoms with van der Waals surface area (Å²) in [5.74, 6) is 0. The van der Waals surface area contributed by atoms with Crippen LogP contribution in [0.4, 0.5) is 0 Å². The maximum atomic E-state index is 8.60. The third-order valence-corrected chi connectivity index (χ3v) is 0. The number of hydrogen-bond acceptors (Lipinski definition) is 16. The molecular weight excluding hydrogens is 3800 g/mol. The van der Waals surface area contributed by atoms with Gasteiger partial charge in [-0.2, -0.15) is 55.9 Å². The molecule has 107 heteroatoms. The second-order valence-electron chi connectivity index (χ2n) is 1.58. The van der Waals surface area contributed by atoms with Gasteiger partial charge in [0, 0.05) is 0 Å². The molecule has 128 valence electrons. The predicted octanol–water partition coefficient (Wildman–Crippen LogP) is -277. The van der Waals surface area contributed by atoms with Crippen LogP contribution in [0.15, 0.2) is 0 Å². The molecule has 107 heavy (non-hydrogen) atoms. The van der Waals surface area contributed by atoms with E-state index < -0.39 is 41.0 Å². The van der Waals surface area contributed by atoms with Gasteiger partial charge in [-0.1, -0.05) is 0 Å². The van der Waals surface area contributed by atoms with E-state index in [1.54, 1.807) is 0 Å². The van der Waals surface area contributed by atoms with Crippen LogP contribution in [0.5, 0.6) is 0 Å². The minimum Gasteiger partial charge on any atom is -0.183 e. The summed E-state index contributed by atoms with van der Waals surface area (Å²) < 4.78 is 131. The van der Waals surface area contributed by atoms with Crippen LogP contribution in [0.2, 0.25) is 0 Å². The van der Waals surface area contributed by atoms with E-state index in [4.69, 9.17) is 74.5 Å². The van der Waals surface area contributed by atoms with Crippen LogP contribution in [0, 0.1) is 41.0 Å². The summed E-state index contributed by atoms with van der Waals surface area (Å²) >= 11 is 0. The second kappa shape index (κ2) is 549. The Hall–Kier alpha value is 143. The van der Waals surface area contributed by atoms with E-state index in [2.05, 4.69) is 0 Å². The quantitative estimate of drug-likeness (QED) is 0.164. The third-order valence-electron chi connectivity index (χ3n) is 0. The topological polar surface area (TPSA) is 358 Å². The minimum atomic E-state index is -4.69. The Morgan fingerprint density at radius 2 is 0.0654 bits per heavy atom. The van der Waals surface area contributed by atoms with Crippen molar-refractivity contribution in [1.29, 1.82) is 0 Å². The molecule has 0 aliphatic carbocycles. The van der Waals surface area contributed by atoms with Crippen molar-refractivity contribution < 1.29 is 4590 Å². The van der Waals surface area contributed by atoms with E-state index in [1.807, 2.05) is 0 Å². The Morgan fingerprint density at radius 3 is 0.0654 bits per heavy atom. The van der Waals surface area contributed by atoms with Crippen molar-refractivity contribution >= 4 is 0 Å². The smallest absolute Gasteiger partial charge is 0.183 e. The summed E-state index contributed by atoms with van der Waals surface area (Å²) in [5.41, 5.74) is 0. The Balaban J connectivity index is -0.000000000282. The first kappa shape index (κ1) is 613. The van der Waals surface area contributed by atoms with Gasteiger partial charge < -0.3 is 0 Å². The van der Waals surface area contributed by atoms with Gasteiger partial charge >= 0.3 is 4470 Å². The van der Waals surface area contributed by atoms with Crippen LogP contribution in [0.1, 0.15) is 0 Å². The SMILES string of the molecule is [K+].[K+].[K+].[K+].[K+].[K+].[K+].[K+].[K+].[K+].[K+].[K+].[K+].[K+].[K+].[K+].[K+].[K+].[K+].[K+].[K+].[K+].[K+].[K+].[K+].[K+].[K+].[K+].[K+].[K+].[K+].[K+].[K+].[K+].[K+].[K+].[K+].[K+].[K+].[K+].[K+].[K+].[K+].[K+].[K+].[K+].[K+].[K+].[K+].[K+].[K+].[K+].[K+].[K+].[K+].[K+].[K+].[K+].[K+].[K+].[K+].[K+].[K+].[K+].[K+].[K+].[K+].[K+].[K+].[K+].[K+].[K+].[K+].[K+].[K+].[K+].[K+].[K+].[K+].[K+].[K+].[K+].[K+].[K+].[K+].[K+].[K+].[O-][Cl+3]([O-])([O-])O.[O-][Cl+3]([O-])([O-])O.[O-][Cl+3]([O-])([O-])O.[O-][Cl+3]([O-])([O-])O. The first-order valence-electron chi connectivity index (χ1n) is 2.53. The van der Waals surface area contributed by atoms with Gasteiger partial charge in [0.1, 0.15) is 0 Å². The van der Waals surface area contributed by atoms with E-state index in [0.717, 1.165) is 0 Å². The number of halogens is 4. The zero-order chi connectivity index (χ0) is 18.0. The molecule has 0 atom stereocenters. The van der Waals surface area contributed by atoms with Crippen LogP contribution in [0.25, 0.3) is 0 Å². The Kier molecular flexibility index (Phi) is 3150. The van der Waals surface area contributed by atoms with Crippen LogP contribution < -0.4 is 4530 Å². The molecule has 0 amide bonds. The van der Waals surface area contributed by atoms with Gasteiger partial charge in [-0.25, -0.2) is 0 Å². The van der Waals surface area contributed by atoms with E-state index >= 15 is 0 Å². The Labute approximate surface area is 4370 Å². The molecular formula is H4Cl4K87O16+87. The molecule has 0 radical (unpaired) electrons. The van der Waals surface area contributed by atoms with Crippen molar-refractivity contribution in [3.05, 3.63) is 0 Å². The maximum absolute atomic E-state index is 8.60. The van der Waals surface area contributed by atoms with Crippen molar-refractivity contribution in [2.45, 2.75) is 0 Å². The zero-order valence-electron chi connectivity index (χ0n) is 95.2. The molecule has 0 bridgehead atoms. The van der Waals surface area contributed by atoms with Gasteiger partial charge in [0.2, 0.25) is 0 Å². The summed E-state index contributed by atoms with van der Waals surface area (Å²) in [7, 11) is -18.8. The first-order valence-corrected chi connectivity index (χ1v) is 7.58. The number of hydrogen-bond donors (Lipinski definition) is 4. The molecule has 0 aliphatic heterocycles. The summed E-state index contributed by atoms with van der Waals surface area (Å²) in [5, 5.41) is 0. The summed E-state index contributed by atoms with van der Waals surface area (Å²) in [6, 6.07) is 0. The molecule has 0 rings (SSSR count). The van der Waals surface area contributed by atoms with Crippen LogP contribution >= 0.6 is 0 Å². The molecule has 0 fully saturated rings. The van der Waals surface area contributed by atoms with Gasteiger partial charge in [-0.3, -0.25) is 0 Å². The Morgan fingerprint density at radius 1 is 0.0654 bits per heavy atom. The van der Waals surface area contributed by atoms with Crippen molar-refractivity contribution in [3.63, 3.8) is 0 Å². The molecule has 0 aromatic carbocycles. The molecule has 0 saturated heterocycles. The summed E-state index contributed by atoms with van der Waals surface area (Å²) in [6.07, 6.45) is 0. The predicted molar refractivity (Wildman–Crippen MR) is 8.88 cm³/mol. The summed E-state index contributed by atoms with van der Waals surface area (Å²) in [4.78, 5) is 0. The van der Waals surface area contributed by atoms with Gasteiger partial charge in [0.05, 0.1) is 59.6 Å². The van der Waals surface area contributed by atoms with Crippen molar-refractivity contribution in [2.75, 3.05) is 0 Å². The first-order chi connectivity index (χ1) is 8.00. The fourth-order valence-corrected chi connectivity index (χ4v) is 0. The van der Waals surface area contributed by atoms with Crippen LogP contribution in [0.3, 0.4) is 0 Å². The average Bonchev–Trinajstić information content (AvgIpc) is 1.62. The largest absolute Gasteiger partial charge is 1.00 e. The average molecular weight is 3800 g/mol. The van der Waals surface area contributed by atoms with Crippen molar-refractivity contribution in [2.24, 2.45) is 0 Å². The standard InChI is InChI=1S/4ClHO4.87K/c4*2-1(3,4)5;;;;;;;;;;;;;;;;;;;;;;;;;;;;;;;;;;;;;;;;;;;;;;;;;;;;;;;;;;;;;;;;;;;;;;;;;;;;;;;;;;;;;;;/h4*(H,2,3,4,5);;;;;;;;;;;;;;;;;;;;;;;;;;;;;;;;;;;;;;;;;;;;;;;;;;;;;;;;;;;;;;;;;;;;;;;;;;;;;;;;;;;;;;;/q;;;;87*+1. The fourth-order valence-electron chi connectivity index (χ4n) is 0. The molecule has 4 N–H and O–H groups in total. The molecule has 0 spiro atoms. The van der Waals surface area contributed by atoms with E-state index in [1.165, 1.54) is 0 Å². The minimum absolute atomic E-state index is 0. The molecule has 0 aromatic heterocycles. The molecule has 16 nitrogen and oxygen atoms in total. The Bertz CT molecular complexity index is 199. The monoisotopic (exact) mass is 3790 g/mol. The van der Waals surface area contributed by atoms with Crippen LogP contribution in [-0.2, 0) is 0 Å². The fraction of sp³-hybridized carbons (Fsp3) is 0. The van der Waals surface area contributed by atoms with Crippen molar-refractivity contribution in [1.82, 2.24) is 0 Å². The molecule has 0 saturated carbocycles. The third kappa shape index (κ3) is 743. The molecule has 0 unspecified atom stereocenters. The maximum Gasteiger partial charge on any atom is 1.00 e. The second-order valence-corrected chi connectivity index (χ2v) is 4.75. The molecule has 0 aromatic rings. The van der Waals surface area contributed by atoms with E-state index in [0.29, 0.717) is 0 Å². The van der Waals surface area contributed by atoms with Gasteiger partial charge in [0.15, 0.2) is 0 Å². The zero-order valence-corrected chi connectivity index (χ0v) is 370. The van der Waals surface area contributed by atoms with Crippen LogP contribution in [-0.4, -0.2) is 18.6 Å². The molecule has 0 heterocycles. The summed E-state index contributed by atoms with van der Waals surface area (Å²) in [6.45, 7) is 0. The van der Waals surface area contributed by atoms with E-state index in [-0.39, 0.29) is 4470 Å². The molecule has 0 aliphatic rings. The van der Waals surface area contributed by atoms with Gasteiger partial charge in [-0.15, -0.1) is 0 Å². The van der Waals surface area contributed by atoms with Gasteiger partial charge in [-0.05, 0) is 0 Å². The number of rotatable bonds is 0. The van der Waals surface area contributed by atoms with Crippen molar-refractivity contribution in [3.8, 4) is 0 Å².